The van der Waals surface area contributed by atoms with Gasteiger partial charge in [0.25, 0.3) is 0 Å². The van der Waals surface area contributed by atoms with Crippen LogP contribution in [-0.4, -0.2) is 34.3 Å². The first-order chi connectivity index (χ1) is 10.7. The zero-order valence-electron chi connectivity index (χ0n) is 15.0. The molecule has 1 heterocycles. The van der Waals surface area contributed by atoms with Crippen LogP contribution >= 0.6 is 0 Å². The van der Waals surface area contributed by atoms with Gasteiger partial charge in [0, 0.05) is 12.6 Å². The summed E-state index contributed by atoms with van der Waals surface area (Å²) in [6.45, 7) is 12.4. The van der Waals surface area contributed by atoms with Crippen LogP contribution in [0, 0.1) is 6.92 Å². The average molecular weight is 323 g/mol. The summed E-state index contributed by atoms with van der Waals surface area (Å²) in [7, 11) is 0. The van der Waals surface area contributed by atoms with Crippen LogP contribution in [0.1, 0.15) is 53.2 Å². The van der Waals surface area contributed by atoms with Crippen LogP contribution < -0.4 is 16.0 Å². The Morgan fingerprint density at radius 3 is 2.48 bits per heavy atom. The quantitative estimate of drug-likeness (QED) is 0.751. The fraction of sp³-hybridized carbons (Fsp3) is 0.688. The summed E-state index contributed by atoms with van der Waals surface area (Å²) >= 11 is 0. The second-order valence-corrected chi connectivity index (χ2v) is 6.60. The Labute approximate surface area is 138 Å². The van der Waals surface area contributed by atoms with Crippen LogP contribution in [0.4, 0.5) is 10.6 Å². The second-order valence-electron chi connectivity index (χ2n) is 6.60. The molecule has 7 nitrogen and oxygen atoms in total. The first-order valence-electron chi connectivity index (χ1n) is 8.11. The fourth-order valence-corrected chi connectivity index (χ4v) is 2.13. The summed E-state index contributed by atoms with van der Waals surface area (Å²) in [5.41, 5.74) is 0.572. The molecule has 1 atom stereocenters. The number of hydrogen-bond donors (Lipinski definition) is 3. The van der Waals surface area contributed by atoms with E-state index in [1.54, 1.807) is 4.68 Å². The minimum Gasteiger partial charge on any atom is -0.354 e. The van der Waals surface area contributed by atoms with E-state index < -0.39 is 12.1 Å². The lowest BCUT2D eigenvalue weighted by molar-refractivity contribution is -0.122. The van der Waals surface area contributed by atoms with E-state index in [2.05, 4.69) is 21.0 Å². The van der Waals surface area contributed by atoms with E-state index in [9.17, 15) is 9.59 Å². The maximum absolute atomic E-state index is 12.2. The molecule has 23 heavy (non-hydrogen) atoms. The molecule has 130 valence electrons. The average Bonchev–Trinajstić information content (AvgIpc) is 2.82. The number of aryl methyl sites for hydroxylation is 1. The Balaban J connectivity index is 2.74. The number of carbonyl (C=O) groups excluding carboxylic acids is 2. The number of aromatic nitrogens is 2. The summed E-state index contributed by atoms with van der Waals surface area (Å²) < 4.78 is 1.76. The molecule has 3 amide bonds. The molecule has 0 saturated heterocycles. The van der Waals surface area contributed by atoms with Crippen LogP contribution in [0.15, 0.2) is 6.07 Å². The van der Waals surface area contributed by atoms with E-state index in [0.717, 1.165) is 12.1 Å². The Morgan fingerprint density at radius 2 is 1.96 bits per heavy atom. The summed E-state index contributed by atoms with van der Waals surface area (Å²) in [6, 6.07) is 0.853. The van der Waals surface area contributed by atoms with Crippen molar-refractivity contribution >= 4 is 17.8 Å². The zero-order chi connectivity index (χ0) is 17.6. The number of amides is 3. The van der Waals surface area contributed by atoms with Crippen LogP contribution in [0.25, 0.3) is 0 Å². The molecule has 0 bridgehead atoms. The molecule has 0 radical (unpaired) electrons. The molecule has 1 rings (SSSR count). The van der Waals surface area contributed by atoms with E-state index in [0.29, 0.717) is 18.8 Å². The standard InChI is InChI=1S/C16H29N5O2/c1-7-9-17-14(22)12(8-2)18-15(23)19-13-10-11(3)20-21(13)16(4,5)6/h10,12H,7-9H2,1-6H3,(H,17,22)(H2,18,19,23)/t12-/m0/s1. The first kappa shape index (κ1) is 19.0. The van der Waals surface area contributed by atoms with Crippen molar-refractivity contribution in [3.8, 4) is 0 Å². The van der Waals surface area contributed by atoms with E-state index >= 15 is 0 Å². The summed E-state index contributed by atoms with van der Waals surface area (Å²) in [5, 5.41) is 12.7. The predicted molar refractivity (Wildman–Crippen MR) is 91.5 cm³/mol. The molecule has 0 aliphatic rings. The molecule has 0 saturated carbocycles. The van der Waals surface area contributed by atoms with Gasteiger partial charge < -0.3 is 10.6 Å². The largest absolute Gasteiger partial charge is 0.354 e. The molecule has 3 N–H and O–H groups in total. The van der Waals surface area contributed by atoms with Gasteiger partial charge in [-0.2, -0.15) is 5.10 Å². The molecule has 7 heteroatoms. The van der Waals surface area contributed by atoms with Gasteiger partial charge in [0.2, 0.25) is 5.91 Å². The van der Waals surface area contributed by atoms with Crippen molar-refractivity contribution in [3.63, 3.8) is 0 Å². The van der Waals surface area contributed by atoms with Crippen molar-refractivity contribution in [2.24, 2.45) is 0 Å². The van der Waals surface area contributed by atoms with Gasteiger partial charge in [0.1, 0.15) is 11.9 Å². The summed E-state index contributed by atoms with van der Waals surface area (Å²) in [6.07, 6.45) is 1.39. The highest BCUT2D eigenvalue weighted by molar-refractivity contribution is 5.93. The fourth-order valence-electron chi connectivity index (χ4n) is 2.13. The molecule has 1 aromatic heterocycles. The van der Waals surface area contributed by atoms with E-state index in [-0.39, 0.29) is 11.4 Å². The molecular formula is C16H29N5O2. The van der Waals surface area contributed by atoms with Crippen LogP contribution in [-0.2, 0) is 10.3 Å². The maximum Gasteiger partial charge on any atom is 0.321 e. The van der Waals surface area contributed by atoms with Gasteiger partial charge in [-0.1, -0.05) is 13.8 Å². The lowest BCUT2D eigenvalue weighted by Crippen LogP contribution is -2.48. The van der Waals surface area contributed by atoms with Crippen molar-refractivity contribution in [3.05, 3.63) is 11.8 Å². The highest BCUT2D eigenvalue weighted by atomic mass is 16.2. The van der Waals surface area contributed by atoms with Gasteiger partial charge in [0.05, 0.1) is 11.2 Å². The first-order valence-corrected chi connectivity index (χ1v) is 8.11. The second kappa shape index (κ2) is 7.99. The number of hydrogen-bond acceptors (Lipinski definition) is 3. The molecule has 0 fully saturated rings. The SMILES string of the molecule is CCCNC(=O)[C@H](CC)NC(=O)Nc1cc(C)nn1C(C)(C)C. The minimum atomic E-state index is -0.548. The number of nitrogens with one attached hydrogen (secondary N) is 3. The molecule has 0 aliphatic carbocycles. The number of carbonyl (C=O) groups is 2. The lowest BCUT2D eigenvalue weighted by Gasteiger charge is -2.23. The highest BCUT2D eigenvalue weighted by Crippen LogP contribution is 2.21. The van der Waals surface area contributed by atoms with Gasteiger partial charge in [-0.05, 0) is 40.5 Å². The van der Waals surface area contributed by atoms with Crippen LogP contribution in [0.2, 0.25) is 0 Å². The predicted octanol–water partition coefficient (Wildman–Crippen LogP) is 2.37. The Hall–Kier alpha value is -2.05. The number of rotatable bonds is 6. The zero-order valence-corrected chi connectivity index (χ0v) is 15.0. The van der Waals surface area contributed by atoms with Crippen molar-refractivity contribution in [1.29, 1.82) is 0 Å². The Bertz CT molecular complexity index is 545. The third kappa shape index (κ3) is 5.58. The Kier molecular flexibility index (Phi) is 6.60. The maximum atomic E-state index is 12.2. The monoisotopic (exact) mass is 323 g/mol. The van der Waals surface area contributed by atoms with Crippen molar-refractivity contribution in [1.82, 2.24) is 20.4 Å². The third-order valence-corrected chi connectivity index (χ3v) is 3.29. The summed E-state index contributed by atoms with van der Waals surface area (Å²) in [4.78, 5) is 24.2. The van der Waals surface area contributed by atoms with E-state index in [1.807, 2.05) is 47.6 Å². The van der Waals surface area contributed by atoms with Crippen molar-refractivity contribution < 1.29 is 9.59 Å². The normalized spacial score (nSPS) is 12.6. The minimum absolute atomic E-state index is 0.162. The third-order valence-electron chi connectivity index (χ3n) is 3.29. The molecule has 0 spiro atoms. The van der Waals surface area contributed by atoms with Gasteiger partial charge in [-0.3, -0.25) is 10.1 Å². The molecule has 0 aromatic carbocycles. The molecule has 0 unspecified atom stereocenters. The van der Waals surface area contributed by atoms with Crippen LogP contribution in [0.3, 0.4) is 0 Å². The summed E-state index contributed by atoms with van der Waals surface area (Å²) in [5.74, 6) is 0.446. The van der Waals surface area contributed by atoms with Gasteiger partial charge in [0.15, 0.2) is 0 Å². The van der Waals surface area contributed by atoms with E-state index in [1.165, 1.54) is 0 Å². The van der Waals surface area contributed by atoms with Crippen molar-refractivity contribution in [2.45, 2.75) is 66.0 Å². The van der Waals surface area contributed by atoms with Crippen LogP contribution in [0.5, 0.6) is 0 Å². The molecular weight excluding hydrogens is 294 g/mol. The van der Waals surface area contributed by atoms with Gasteiger partial charge in [-0.15, -0.1) is 0 Å². The number of urea groups is 1. The number of nitrogens with zero attached hydrogens (tertiary/aromatic N) is 2. The van der Waals surface area contributed by atoms with Crippen molar-refractivity contribution in [2.75, 3.05) is 11.9 Å². The highest BCUT2D eigenvalue weighted by Gasteiger charge is 2.22. The Morgan fingerprint density at radius 1 is 1.30 bits per heavy atom. The van der Waals surface area contributed by atoms with Gasteiger partial charge in [-0.25, -0.2) is 9.48 Å². The number of anilines is 1. The van der Waals surface area contributed by atoms with Gasteiger partial charge >= 0.3 is 6.03 Å². The van der Waals surface area contributed by atoms with E-state index in [4.69, 9.17) is 0 Å². The lowest BCUT2D eigenvalue weighted by atomic mass is 10.1. The molecule has 0 aliphatic heterocycles. The molecule has 1 aromatic rings. The smallest absolute Gasteiger partial charge is 0.321 e. The topological polar surface area (TPSA) is 88.1 Å².